The molecule has 0 bridgehead atoms. The second kappa shape index (κ2) is 14.5. The Morgan fingerprint density at radius 2 is 0.763 bits per heavy atom. The van der Waals surface area contributed by atoms with Crippen LogP contribution < -0.4 is 0 Å². The van der Waals surface area contributed by atoms with Gasteiger partial charge >= 0.3 is 0 Å². The van der Waals surface area contributed by atoms with Crippen LogP contribution in [0.25, 0.3) is 111 Å². The van der Waals surface area contributed by atoms with Gasteiger partial charge in [0.1, 0.15) is 11.3 Å². The summed E-state index contributed by atoms with van der Waals surface area (Å²) >= 11 is 0. The number of pyridine rings is 1. The maximum absolute atomic E-state index is 7.27. The fourth-order valence-electron chi connectivity index (χ4n) is 8.23. The van der Waals surface area contributed by atoms with Gasteiger partial charge in [-0.3, -0.25) is 0 Å². The highest BCUT2D eigenvalue weighted by Crippen LogP contribution is 2.48. The van der Waals surface area contributed by atoms with Gasteiger partial charge in [-0.1, -0.05) is 176 Å². The predicted octanol–water partition coefficient (Wildman–Crippen LogP) is 14.6. The molecule has 0 aliphatic rings. The van der Waals surface area contributed by atoms with E-state index in [-0.39, 0.29) is 0 Å². The number of fused-ring (bicyclic) bond motifs is 4. The Morgan fingerprint density at radius 3 is 1.37 bits per heavy atom. The number of rotatable bonds is 7. The molecule has 0 aliphatic heterocycles. The molecule has 59 heavy (non-hydrogen) atoms. The first-order chi connectivity index (χ1) is 29.2. The van der Waals surface area contributed by atoms with E-state index in [0.717, 1.165) is 106 Å². The fraction of sp³-hybridized carbons (Fsp3) is 0. The SMILES string of the molecule is c1ccc(-c2cc(-c3ccccc3)cc(-c3oc4c(c(-c5ccccc5)nc5ccccc54)c3-c3ccc(-c4nc(-c5ccccc5)nc5ccccc45)cc3)c2)cc1. The first-order valence-electron chi connectivity index (χ1n) is 19.9. The van der Waals surface area contributed by atoms with Crippen molar-refractivity contribution in [3.05, 3.63) is 212 Å². The number of hydrogen-bond donors (Lipinski definition) is 0. The van der Waals surface area contributed by atoms with E-state index in [9.17, 15) is 0 Å². The van der Waals surface area contributed by atoms with Crippen molar-refractivity contribution in [3.63, 3.8) is 0 Å². The molecule has 4 nitrogen and oxygen atoms in total. The molecule has 0 spiro atoms. The van der Waals surface area contributed by atoms with Crippen molar-refractivity contribution in [2.24, 2.45) is 0 Å². The van der Waals surface area contributed by atoms with Crippen LogP contribution in [-0.2, 0) is 0 Å². The summed E-state index contributed by atoms with van der Waals surface area (Å²) in [6.07, 6.45) is 0. The molecule has 3 aromatic heterocycles. The van der Waals surface area contributed by atoms with Gasteiger partial charge in [-0.15, -0.1) is 0 Å². The molecule has 0 amide bonds. The van der Waals surface area contributed by atoms with E-state index in [1.165, 1.54) is 0 Å². The minimum absolute atomic E-state index is 0.699. The van der Waals surface area contributed by atoms with Crippen molar-refractivity contribution in [1.29, 1.82) is 0 Å². The lowest BCUT2D eigenvalue weighted by molar-refractivity contribution is 0.636. The molecule has 0 saturated carbocycles. The van der Waals surface area contributed by atoms with Gasteiger partial charge in [0.25, 0.3) is 0 Å². The Balaban J connectivity index is 1.18. The summed E-state index contributed by atoms with van der Waals surface area (Å²) in [5, 5.41) is 2.94. The lowest BCUT2D eigenvalue weighted by atomic mass is 9.91. The summed E-state index contributed by atoms with van der Waals surface area (Å²) in [4.78, 5) is 15.5. The van der Waals surface area contributed by atoms with E-state index in [0.29, 0.717) is 5.82 Å². The normalized spacial score (nSPS) is 11.4. The zero-order valence-electron chi connectivity index (χ0n) is 32.0. The van der Waals surface area contributed by atoms with E-state index in [4.69, 9.17) is 19.4 Å². The average molecular weight is 754 g/mol. The van der Waals surface area contributed by atoms with Gasteiger partial charge in [0.2, 0.25) is 0 Å². The molecule has 276 valence electrons. The van der Waals surface area contributed by atoms with Crippen molar-refractivity contribution in [2.45, 2.75) is 0 Å². The van der Waals surface area contributed by atoms with Gasteiger partial charge in [0, 0.05) is 38.6 Å². The molecular formula is C55H35N3O. The highest BCUT2D eigenvalue weighted by atomic mass is 16.3. The van der Waals surface area contributed by atoms with Crippen LogP contribution in [0.5, 0.6) is 0 Å². The summed E-state index contributed by atoms with van der Waals surface area (Å²) in [7, 11) is 0. The summed E-state index contributed by atoms with van der Waals surface area (Å²) in [5.41, 5.74) is 14.9. The summed E-state index contributed by atoms with van der Waals surface area (Å²) in [5.74, 6) is 1.49. The van der Waals surface area contributed by atoms with Crippen LogP contribution in [0.15, 0.2) is 217 Å². The van der Waals surface area contributed by atoms with Crippen molar-refractivity contribution < 1.29 is 4.42 Å². The topological polar surface area (TPSA) is 51.8 Å². The largest absolute Gasteiger partial charge is 0.455 e. The molecule has 11 aromatic rings. The Kier molecular flexibility index (Phi) is 8.45. The summed E-state index contributed by atoms with van der Waals surface area (Å²) in [6, 6.07) is 73.8. The van der Waals surface area contributed by atoms with Crippen LogP contribution in [0.2, 0.25) is 0 Å². The molecule has 0 fully saturated rings. The Bertz CT molecular complexity index is 3230. The van der Waals surface area contributed by atoms with Gasteiger partial charge in [0.15, 0.2) is 5.82 Å². The first kappa shape index (κ1) is 34.3. The van der Waals surface area contributed by atoms with Crippen molar-refractivity contribution >= 4 is 32.8 Å². The van der Waals surface area contributed by atoms with Gasteiger partial charge in [-0.05, 0) is 64.2 Å². The lowest BCUT2D eigenvalue weighted by Crippen LogP contribution is -1.95. The van der Waals surface area contributed by atoms with E-state index in [1.807, 2.05) is 42.5 Å². The average Bonchev–Trinajstić information content (AvgIpc) is 3.73. The van der Waals surface area contributed by atoms with Gasteiger partial charge in [0.05, 0.1) is 27.8 Å². The van der Waals surface area contributed by atoms with Crippen LogP contribution >= 0.6 is 0 Å². The molecule has 0 aliphatic carbocycles. The number of benzene rings is 8. The number of hydrogen-bond acceptors (Lipinski definition) is 4. The third kappa shape index (κ3) is 6.24. The Morgan fingerprint density at radius 1 is 0.305 bits per heavy atom. The third-order valence-corrected chi connectivity index (χ3v) is 11.1. The number of furan rings is 1. The first-order valence-corrected chi connectivity index (χ1v) is 19.9. The molecule has 0 radical (unpaired) electrons. The van der Waals surface area contributed by atoms with Crippen LogP contribution in [0, 0.1) is 0 Å². The van der Waals surface area contributed by atoms with Gasteiger partial charge in [-0.25, -0.2) is 15.0 Å². The molecule has 0 atom stereocenters. The van der Waals surface area contributed by atoms with Crippen molar-refractivity contribution in [3.8, 4) is 78.6 Å². The minimum atomic E-state index is 0.699. The van der Waals surface area contributed by atoms with Crippen molar-refractivity contribution in [2.75, 3.05) is 0 Å². The Labute approximate surface area is 341 Å². The zero-order chi connectivity index (χ0) is 39.1. The quantitative estimate of drug-likeness (QED) is 0.163. The molecule has 3 heterocycles. The fourth-order valence-corrected chi connectivity index (χ4v) is 8.23. The number of para-hydroxylation sites is 2. The molecule has 0 N–H and O–H groups in total. The smallest absolute Gasteiger partial charge is 0.160 e. The second-order valence-electron chi connectivity index (χ2n) is 14.7. The van der Waals surface area contributed by atoms with Crippen molar-refractivity contribution in [1.82, 2.24) is 15.0 Å². The van der Waals surface area contributed by atoms with E-state index in [2.05, 4.69) is 170 Å². The van der Waals surface area contributed by atoms with E-state index < -0.39 is 0 Å². The second-order valence-corrected chi connectivity index (χ2v) is 14.7. The van der Waals surface area contributed by atoms with Crippen LogP contribution in [0.4, 0.5) is 0 Å². The molecule has 0 unspecified atom stereocenters. The predicted molar refractivity (Wildman–Crippen MR) is 243 cm³/mol. The van der Waals surface area contributed by atoms with Crippen LogP contribution in [0.3, 0.4) is 0 Å². The third-order valence-electron chi connectivity index (χ3n) is 11.1. The standard InChI is InChI=1S/C55H35N3O/c1-5-17-36(18-6-1)42-33-43(37-19-7-2-8-20-37)35-44(34-42)53-49(50-52(39-21-9-3-10-22-39)56-48-28-16-14-26-46(48)54(50)59-53)38-29-31-40(32-30-38)51-45-25-13-15-27-47(45)57-55(58-51)41-23-11-4-12-24-41/h1-35H. The van der Waals surface area contributed by atoms with Gasteiger partial charge in [-0.2, -0.15) is 0 Å². The number of nitrogens with zero attached hydrogens (tertiary/aromatic N) is 3. The molecule has 0 saturated heterocycles. The number of aromatic nitrogens is 3. The van der Waals surface area contributed by atoms with E-state index in [1.54, 1.807) is 0 Å². The molecule has 8 aromatic carbocycles. The minimum Gasteiger partial charge on any atom is -0.455 e. The van der Waals surface area contributed by atoms with Crippen LogP contribution in [-0.4, -0.2) is 15.0 Å². The Hall–Kier alpha value is -7.95. The molecule has 11 rings (SSSR count). The molecular weight excluding hydrogens is 719 g/mol. The van der Waals surface area contributed by atoms with E-state index >= 15 is 0 Å². The lowest BCUT2D eigenvalue weighted by Gasteiger charge is -2.13. The monoisotopic (exact) mass is 753 g/mol. The summed E-state index contributed by atoms with van der Waals surface area (Å²) in [6.45, 7) is 0. The zero-order valence-corrected chi connectivity index (χ0v) is 32.0. The highest BCUT2D eigenvalue weighted by Gasteiger charge is 2.25. The maximum Gasteiger partial charge on any atom is 0.160 e. The van der Waals surface area contributed by atoms with Crippen LogP contribution in [0.1, 0.15) is 0 Å². The highest BCUT2D eigenvalue weighted by molar-refractivity contribution is 6.17. The summed E-state index contributed by atoms with van der Waals surface area (Å²) < 4.78 is 7.27. The van der Waals surface area contributed by atoms with Gasteiger partial charge < -0.3 is 4.42 Å². The maximum atomic E-state index is 7.27. The molecule has 4 heteroatoms.